The number of carboxylic acid groups (broad SMARTS) is 1. The van der Waals surface area contributed by atoms with Gasteiger partial charge in [0.2, 0.25) is 5.43 Å². The van der Waals surface area contributed by atoms with Gasteiger partial charge in [-0.2, -0.15) is 0 Å². The van der Waals surface area contributed by atoms with Gasteiger partial charge in [-0.1, -0.05) is 12.1 Å². The Labute approximate surface area is 135 Å². The van der Waals surface area contributed by atoms with E-state index in [2.05, 4.69) is 9.97 Å². The SMILES string of the molecule is COc1ccc(Cn2cc(C(=O)O)c(=O)c3cnc(=O)[nH]c32)cc1. The van der Waals surface area contributed by atoms with Crippen molar-refractivity contribution in [3.8, 4) is 5.75 Å². The van der Waals surface area contributed by atoms with E-state index in [-0.39, 0.29) is 23.1 Å². The highest BCUT2D eigenvalue weighted by atomic mass is 16.5. The molecular formula is C16H13N3O5. The number of aromatic amines is 1. The predicted octanol–water partition coefficient (Wildman–Crippen LogP) is 0.840. The summed E-state index contributed by atoms with van der Waals surface area (Å²) in [5, 5.41) is 9.26. The molecule has 24 heavy (non-hydrogen) atoms. The van der Waals surface area contributed by atoms with Crippen LogP contribution in [-0.4, -0.2) is 32.7 Å². The van der Waals surface area contributed by atoms with E-state index in [4.69, 9.17) is 4.74 Å². The number of pyridine rings is 1. The maximum atomic E-state index is 12.2. The summed E-state index contributed by atoms with van der Waals surface area (Å²) in [6, 6.07) is 7.15. The number of methoxy groups -OCH3 is 1. The number of fused-ring (bicyclic) bond motifs is 1. The molecule has 0 saturated carbocycles. The molecule has 0 atom stereocenters. The van der Waals surface area contributed by atoms with Gasteiger partial charge < -0.3 is 14.4 Å². The van der Waals surface area contributed by atoms with Crippen molar-refractivity contribution in [2.45, 2.75) is 6.54 Å². The van der Waals surface area contributed by atoms with E-state index in [1.165, 1.54) is 10.8 Å². The van der Waals surface area contributed by atoms with Crippen LogP contribution in [0.1, 0.15) is 15.9 Å². The van der Waals surface area contributed by atoms with Crippen molar-refractivity contribution in [3.05, 3.63) is 68.5 Å². The van der Waals surface area contributed by atoms with Crippen molar-refractivity contribution < 1.29 is 14.6 Å². The zero-order valence-corrected chi connectivity index (χ0v) is 12.6. The number of hydrogen-bond acceptors (Lipinski definition) is 5. The largest absolute Gasteiger partial charge is 0.497 e. The van der Waals surface area contributed by atoms with Crippen molar-refractivity contribution in [2.75, 3.05) is 7.11 Å². The molecule has 0 aliphatic rings. The summed E-state index contributed by atoms with van der Waals surface area (Å²) in [5.41, 5.74) is -0.624. The summed E-state index contributed by atoms with van der Waals surface area (Å²) in [5.74, 6) is -0.649. The van der Waals surface area contributed by atoms with Crippen LogP contribution in [0.4, 0.5) is 0 Å². The molecule has 1 aromatic carbocycles. The molecule has 0 unspecified atom stereocenters. The minimum atomic E-state index is -1.34. The van der Waals surface area contributed by atoms with Crippen molar-refractivity contribution >= 4 is 17.0 Å². The molecular weight excluding hydrogens is 314 g/mol. The van der Waals surface area contributed by atoms with Crippen molar-refractivity contribution in [2.24, 2.45) is 0 Å². The number of H-pyrrole nitrogens is 1. The summed E-state index contributed by atoms with van der Waals surface area (Å²) in [6.45, 7) is 0.265. The van der Waals surface area contributed by atoms with Crippen LogP contribution in [-0.2, 0) is 6.54 Å². The molecule has 0 amide bonds. The number of aromatic nitrogens is 3. The Hall–Kier alpha value is -3.42. The van der Waals surface area contributed by atoms with Crippen LogP contribution >= 0.6 is 0 Å². The van der Waals surface area contributed by atoms with E-state index < -0.39 is 17.1 Å². The summed E-state index contributed by atoms with van der Waals surface area (Å²) in [6.07, 6.45) is 2.31. The Morgan fingerprint density at radius 2 is 2.00 bits per heavy atom. The van der Waals surface area contributed by atoms with Crippen molar-refractivity contribution in [3.63, 3.8) is 0 Å². The lowest BCUT2D eigenvalue weighted by Crippen LogP contribution is -2.23. The lowest BCUT2D eigenvalue weighted by atomic mass is 10.2. The molecule has 0 bridgehead atoms. The fourth-order valence-corrected chi connectivity index (χ4v) is 2.41. The number of rotatable bonds is 4. The number of carbonyl (C=O) groups is 1. The number of ether oxygens (including phenoxy) is 1. The first kappa shape index (κ1) is 15.5. The van der Waals surface area contributed by atoms with E-state index in [0.717, 1.165) is 11.8 Å². The number of aromatic carboxylic acids is 1. The van der Waals surface area contributed by atoms with Gasteiger partial charge in [-0.05, 0) is 17.7 Å². The molecule has 0 aliphatic carbocycles. The maximum absolute atomic E-state index is 12.2. The summed E-state index contributed by atoms with van der Waals surface area (Å²) in [7, 11) is 1.56. The number of carboxylic acids is 1. The van der Waals surface area contributed by atoms with E-state index in [9.17, 15) is 19.5 Å². The lowest BCUT2D eigenvalue weighted by molar-refractivity contribution is 0.0695. The van der Waals surface area contributed by atoms with Crippen LogP contribution in [0, 0.1) is 0 Å². The lowest BCUT2D eigenvalue weighted by Gasteiger charge is -2.12. The molecule has 3 rings (SSSR count). The van der Waals surface area contributed by atoms with Gasteiger partial charge in [-0.25, -0.2) is 14.6 Å². The van der Waals surface area contributed by atoms with Crippen LogP contribution in [0.2, 0.25) is 0 Å². The van der Waals surface area contributed by atoms with E-state index in [1.54, 1.807) is 19.2 Å². The Balaban J connectivity index is 2.19. The first-order valence-electron chi connectivity index (χ1n) is 6.98. The topological polar surface area (TPSA) is 114 Å². The highest BCUT2D eigenvalue weighted by Gasteiger charge is 2.15. The minimum Gasteiger partial charge on any atom is -0.497 e. The van der Waals surface area contributed by atoms with Gasteiger partial charge in [0, 0.05) is 18.9 Å². The average molecular weight is 327 g/mol. The molecule has 8 heteroatoms. The van der Waals surface area contributed by atoms with Crippen LogP contribution in [0.5, 0.6) is 5.75 Å². The highest BCUT2D eigenvalue weighted by molar-refractivity contribution is 5.91. The van der Waals surface area contributed by atoms with Gasteiger partial charge in [0.25, 0.3) is 0 Å². The molecule has 0 fully saturated rings. The Morgan fingerprint density at radius 1 is 1.29 bits per heavy atom. The normalized spacial score (nSPS) is 10.7. The molecule has 0 spiro atoms. The maximum Gasteiger partial charge on any atom is 0.346 e. The average Bonchev–Trinajstić information content (AvgIpc) is 2.57. The fraction of sp³-hybridized carbons (Fsp3) is 0.125. The fourth-order valence-electron chi connectivity index (χ4n) is 2.41. The Morgan fingerprint density at radius 3 is 2.62 bits per heavy atom. The standard InChI is InChI=1S/C16H13N3O5/c1-24-10-4-2-9(3-5-10)7-19-8-12(15(21)22)13(20)11-6-17-16(23)18-14(11)19/h2-6,8H,7H2,1H3,(H,21,22)(H,17,18,23). The summed E-state index contributed by atoms with van der Waals surface area (Å²) < 4.78 is 6.60. The zero-order chi connectivity index (χ0) is 17.3. The Kier molecular flexibility index (Phi) is 3.87. The third-order valence-electron chi connectivity index (χ3n) is 3.60. The number of hydrogen-bond donors (Lipinski definition) is 2. The number of benzene rings is 1. The molecule has 3 aromatic rings. The van der Waals surface area contributed by atoms with Gasteiger partial charge >= 0.3 is 11.7 Å². The van der Waals surface area contributed by atoms with Gasteiger partial charge in [0.05, 0.1) is 12.5 Å². The third-order valence-corrected chi connectivity index (χ3v) is 3.60. The second-order valence-electron chi connectivity index (χ2n) is 5.10. The van der Waals surface area contributed by atoms with Gasteiger partial charge in [0.15, 0.2) is 0 Å². The first-order valence-corrected chi connectivity index (χ1v) is 6.98. The molecule has 8 nitrogen and oxygen atoms in total. The highest BCUT2D eigenvalue weighted by Crippen LogP contribution is 2.14. The second-order valence-corrected chi connectivity index (χ2v) is 5.10. The molecule has 2 N–H and O–H groups in total. The Bertz CT molecular complexity index is 1030. The number of nitrogens with zero attached hydrogens (tertiary/aromatic N) is 2. The molecule has 0 saturated heterocycles. The molecule has 2 aromatic heterocycles. The summed E-state index contributed by atoms with van der Waals surface area (Å²) in [4.78, 5) is 41.0. The smallest absolute Gasteiger partial charge is 0.346 e. The molecule has 0 aliphatic heterocycles. The van der Waals surface area contributed by atoms with Gasteiger partial charge in [-0.3, -0.25) is 9.78 Å². The first-order chi connectivity index (χ1) is 11.5. The van der Waals surface area contributed by atoms with Crippen molar-refractivity contribution in [1.82, 2.24) is 14.5 Å². The van der Waals surface area contributed by atoms with Gasteiger partial charge in [-0.15, -0.1) is 0 Å². The second kappa shape index (κ2) is 5.99. The molecule has 2 heterocycles. The van der Waals surface area contributed by atoms with E-state index in [1.807, 2.05) is 12.1 Å². The monoisotopic (exact) mass is 327 g/mol. The zero-order valence-electron chi connectivity index (χ0n) is 12.6. The van der Waals surface area contributed by atoms with Crippen LogP contribution in [0.25, 0.3) is 11.0 Å². The third kappa shape index (κ3) is 2.76. The van der Waals surface area contributed by atoms with Gasteiger partial charge in [0.1, 0.15) is 17.0 Å². The number of nitrogens with one attached hydrogen (secondary N) is 1. The minimum absolute atomic E-state index is 0.0445. The van der Waals surface area contributed by atoms with Crippen LogP contribution in [0.15, 0.2) is 46.2 Å². The van der Waals surface area contributed by atoms with Crippen molar-refractivity contribution in [1.29, 1.82) is 0 Å². The quantitative estimate of drug-likeness (QED) is 0.734. The van der Waals surface area contributed by atoms with E-state index >= 15 is 0 Å². The van der Waals surface area contributed by atoms with E-state index in [0.29, 0.717) is 5.75 Å². The van der Waals surface area contributed by atoms with Crippen LogP contribution in [0.3, 0.4) is 0 Å². The molecule has 0 radical (unpaired) electrons. The predicted molar refractivity (Wildman–Crippen MR) is 85.7 cm³/mol. The summed E-state index contributed by atoms with van der Waals surface area (Å²) >= 11 is 0. The molecule has 122 valence electrons. The van der Waals surface area contributed by atoms with Crippen LogP contribution < -0.4 is 15.9 Å².